The van der Waals surface area contributed by atoms with Gasteiger partial charge in [0.25, 0.3) is 5.89 Å². The number of ether oxygens (including phenoxy) is 1. The van der Waals surface area contributed by atoms with Crippen LogP contribution < -0.4 is 10.1 Å². The molecule has 21 heavy (non-hydrogen) atoms. The molecule has 0 spiro atoms. The highest BCUT2D eigenvalue weighted by molar-refractivity contribution is 6.32. The molecule has 0 aliphatic heterocycles. The standard InChI is InChI=1S/C15H20ClN3O2/c1-4-14-18-15(21-19-14)9-20-13-7-6-11(8-12(13)16)10(3)17-5-2/h6-8,10,17H,4-5,9H2,1-3H3. The molecule has 6 heteroatoms. The molecule has 0 aliphatic carbocycles. The minimum Gasteiger partial charge on any atom is -0.482 e. The summed E-state index contributed by atoms with van der Waals surface area (Å²) >= 11 is 6.25. The van der Waals surface area contributed by atoms with E-state index in [0.717, 1.165) is 18.5 Å². The summed E-state index contributed by atoms with van der Waals surface area (Å²) in [6, 6.07) is 6.03. The van der Waals surface area contributed by atoms with Crippen molar-refractivity contribution < 1.29 is 9.26 Å². The van der Waals surface area contributed by atoms with Gasteiger partial charge in [0.15, 0.2) is 12.4 Å². The Morgan fingerprint density at radius 1 is 1.38 bits per heavy atom. The molecule has 1 atom stereocenters. The second-order valence-electron chi connectivity index (χ2n) is 4.72. The first-order chi connectivity index (χ1) is 10.1. The lowest BCUT2D eigenvalue weighted by molar-refractivity contribution is 0.242. The monoisotopic (exact) mass is 309 g/mol. The Hall–Kier alpha value is -1.59. The maximum Gasteiger partial charge on any atom is 0.264 e. The number of aromatic nitrogens is 2. The third kappa shape index (κ3) is 4.19. The number of hydrogen-bond acceptors (Lipinski definition) is 5. The summed E-state index contributed by atoms with van der Waals surface area (Å²) in [5.41, 5.74) is 1.13. The summed E-state index contributed by atoms with van der Waals surface area (Å²) in [6.07, 6.45) is 0.737. The molecule has 114 valence electrons. The first-order valence-corrected chi connectivity index (χ1v) is 7.48. The largest absolute Gasteiger partial charge is 0.482 e. The molecule has 0 bridgehead atoms. The molecule has 2 rings (SSSR count). The third-order valence-electron chi connectivity index (χ3n) is 3.14. The van der Waals surface area contributed by atoms with Gasteiger partial charge in [-0.2, -0.15) is 4.98 Å². The zero-order valence-electron chi connectivity index (χ0n) is 12.5. The van der Waals surface area contributed by atoms with Gasteiger partial charge in [0.2, 0.25) is 0 Å². The molecule has 5 nitrogen and oxygen atoms in total. The predicted molar refractivity (Wildman–Crippen MR) is 81.6 cm³/mol. The average molecular weight is 310 g/mol. The predicted octanol–water partition coefficient (Wildman–Crippen LogP) is 3.53. The van der Waals surface area contributed by atoms with Crippen molar-refractivity contribution in [3.63, 3.8) is 0 Å². The fourth-order valence-electron chi connectivity index (χ4n) is 1.96. The molecule has 1 unspecified atom stereocenters. The lowest BCUT2D eigenvalue weighted by Gasteiger charge is -2.14. The highest BCUT2D eigenvalue weighted by atomic mass is 35.5. The lowest BCUT2D eigenvalue weighted by Crippen LogP contribution is -2.17. The molecule has 1 heterocycles. The number of nitrogens with zero attached hydrogens (tertiary/aromatic N) is 2. The van der Waals surface area contributed by atoms with Crippen LogP contribution in [0.25, 0.3) is 0 Å². The molecular formula is C15H20ClN3O2. The Labute approximate surface area is 129 Å². The molecule has 0 fully saturated rings. The molecule has 1 aromatic carbocycles. The van der Waals surface area contributed by atoms with Crippen LogP contribution in [0, 0.1) is 0 Å². The zero-order chi connectivity index (χ0) is 15.2. The summed E-state index contributed by atoms with van der Waals surface area (Å²) in [6.45, 7) is 7.27. The van der Waals surface area contributed by atoms with Crippen LogP contribution in [0.3, 0.4) is 0 Å². The minimum absolute atomic E-state index is 0.217. The number of aryl methyl sites for hydroxylation is 1. The number of hydrogen-bond donors (Lipinski definition) is 1. The molecular weight excluding hydrogens is 290 g/mol. The zero-order valence-corrected chi connectivity index (χ0v) is 13.3. The van der Waals surface area contributed by atoms with E-state index >= 15 is 0 Å². The molecule has 0 aliphatic rings. The van der Waals surface area contributed by atoms with Gasteiger partial charge in [0, 0.05) is 12.5 Å². The number of nitrogens with one attached hydrogen (secondary N) is 1. The molecule has 0 amide bonds. The van der Waals surface area contributed by atoms with E-state index in [4.69, 9.17) is 20.9 Å². The van der Waals surface area contributed by atoms with Crippen LogP contribution in [-0.2, 0) is 13.0 Å². The smallest absolute Gasteiger partial charge is 0.264 e. The Bertz CT molecular complexity index is 586. The van der Waals surface area contributed by atoms with E-state index in [1.165, 1.54) is 0 Å². The highest BCUT2D eigenvalue weighted by Gasteiger charge is 2.10. The van der Waals surface area contributed by atoms with Crippen LogP contribution in [0.4, 0.5) is 0 Å². The summed E-state index contributed by atoms with van der Waals surface area (Å²) in [4.78, 5) is 4.19. The maximum atomic E-state index is 6.25. The van der Waals surface area contributed by atoms with Gasteiger partial charge in [-0.05, 0) is 31.2 Å². The normalized spacial score (nSPS) is 12.4. The Balaban J connectivity index is 2.00. The van der Waals surface area contributed by atoms with Crippen LogP contribution in [-0.4, -0.2) is 16.7 Å². The van der Waals surface area contributed by atoms with E-state index in [1.807, 2.05) is 25.1 Å². The average Bonchev–Trinajstić information content (AvgIpc) is 2.94. The van der Waals surface area contributed by atoms with Gasteiger partial charge in [0.1, 0.15) is 5.75 Å². The van der Waals surface area contributed by atoms with Gasteiger partial charge in [-0.15, -0.1) is 0 Å². The maximum absolute atomic E-state index is 6.25. The van der Waals surface area contributed by atoms with Crippen molar-refractivity contribution >= 4 is 11.6 Å². The minimum atomic E-state index is 0.217. The quantitative estimate of drug-likeness (QED) is 0.847. The third-order valence-corrected chi connectivity index (χ3v) is 3.44. The van der Waals surface area contributed by atoms with Gasteiger partial charge >= 0.3 is 0 Å². The SMILES string of the molecule is CCNC(C)c1ccc(OCc2nc(CC)no2)c(Cl)c1. The highest BCUT2D eigenvalue weighted by Crippen LogP contribution is 2.28. The fraction of sp³-hybridized carbons (Fsp3) is 0.467. The molecule has 1 aromatic heterocycles. The van der Waals surface area contributed by atoms with Crippen molar-refractivity contribution in [3.05, 3.63) is 40.5 Å². The topological polar surface area (TPSA) is 60.2 Å². The Morgan fingerprint density at radius 3 is 2.81 bits per heavy atom. The van der Waals surface area contributed by atoms with Gasteiger partial charge in [-0.1, -0.05) is 36.7 Å². The summed E-state index contributed by atoms with van der Waals surface area (Å²) in [5, 5.41) is 7.74. The van der Waals surface area contributed by atoms with Crippen LogP contribution in [0.5, 0.6) is 5.75 Å². The summed E-state index contributed by atoms with van der Waals surface area (Å²) in [5.74, 6) is 1.74. The van der Waals surface area contributed by atoms with Crippen LogP contribution >= 0.6 is 11.6 Å². The number of benzene rings is 1. The van der Waals surface area contributed by atoms with E-state index in [1.54, 1.807) is 0 Å². The Morgan fingerprint density at radius 2 is 2.19 bits per heavy atom. The Kier molecular flexibility index (Phi) is 5.59. The van der Waals surface area contributed by atoms with Crippen LogP contribution in [0.15, 0.2) is 22.7 Å². The van der Waals surface area contributed by atoms with Crippen LogP contribution in [0.2, 0.25) is 5.02 Å². The van der Waals surface area contributed by atoms with Crippen LogP contribution in [0.1, 0.15) is 44.1 Å². The second-order valence-corrected chi connectivity index (χ2v) is 5.12. The van der Waals surface area contributed by atoms with Gasteiger partial charge in [-0.25, -0.2) is 0 Å². The second kappa shape index (κ2) is 7.43. The van der Waals surface area contributed by atoms with E-state index in [2.05, 4.69) is 29.3 Å². The van der Waals surface area contributed by atoms with E-state index in [9.17, 15) is 0 Å². The van der Waals surface area contributed by atoms with E-state index < -0.39 is 0 Å². The van der Waals surface area contributed by atoms with Crippen molar-refractivity contribution in [1.29, 1.82) is 0 Å². The molecule has 1 N–H and O–H groups in total. The van der Waals surface area contributed by atoms with Crippen molar-refractivity contribution in [2.45, 2.75) is 39.8 Å². The molecule has 2 aromatic rings. The van der Waals surface area contributed by atoms with Gasteiger partial charge < -0.3 is 14.6 Å². The fourth-order valence-corrected chi connectivity index (χ4v) is 2.20. The van der Waals surface area contributed by atoms with Crippen molar-refractivity contribution in [3.8, 4) is 5.75 Å². The molecule has 0 saturated carbocycles. The number of rotatable bonds is 7. The summed E-state index contributed by atoms with van der Waals surface area (Å²) in [7, 11) is 0. The first-order valence-electron chi connectivity index (χ1n) is 7.11. The first kappa shape index (κ1) is 15.8. The van der Waals surface area contributed by atoms with Crippen molar-refractivity contribution in [2.75, 3.05) is 6.54 Å². The van der Waals surface area contributed by atoms with Crippen molar-refractivity contribution in [2.24, 2.45) is 0 Å². The van der Waals surface area contributed by atoms with Gasteiger partial charge in [-0.3, -0.25) is 0 Å². The number of halogens is 1. The molecule has 0 radical (unpaired) electrons. The van der Waals surface area contributed by atoms with E-state index in [0.29, 0.717) is 22.5 Å². The summed E-state index contributed by atoms with van der Waals surface area (Å²) < 4.78 is 10.7. The van der Waals surface area contributed by atoms with Crippen molar-refractivity contribution in [1.82, 2.24) is 15.5 Å². The van der Waals surface area contributed by atoms with Gasteiger partial charge in [0.05, 0.1) is 5.02 Å². The van der Waals surface area contributed by atoms with E-state index in [-0.39, 0.29) is 12.6 Å². The lowest BCUT2D eigenvalue weighted by atomic mass is 10.1. The molecule has 0 saturated heterocycles.